The molecule has 0 aliphatic rings. The Morgan fingerprint density at radius 1 is 1.19 bits per heavy atom. The molecular weight excluding hydrogens is 264 g/mol. The fraction of sp³-hybridized carbons (Fsp3) is 0.353. The maximum absolute atomic E-state index is 12.4. The Hall–Kier alpha value is -2.23. The Labute approximate surface area is 124 Å². The molecule has 2 rings (SSSR count). The Bertz CT molecular complexity index is 682. The third-order valence-electron chi connectivity index (χ3n) is 3.09. The highest BCUT2D eigenvalue weighted by atomic mass is 16.1. The quantitative estimate of drug-likeness (QED) is 0.811. The number of rotatable bonds is 4. The molecule has 4 nitrogen and oxygen atoms in total. The summed E-state index contributed by atoms with van der Waals surface area (Å²) in [5, 5.41) is 0. The third-order valence-corrected chi connectivity index (χ3v) is 3.09. The van der Waals surface area contributed by atoms with Gasteiger partial charge in [0.25, 0.3) is 5.56 Å². The molecule has 4 heteroatoms. The van der Waals surface area contributed by atoms with Crippen LogP contribution in [-0.2, 0) is 6.54 Å². The Kier molecular flexibility index (Phi) is 4.36. The van der Waals surface area contributed by atoms with Crippen LogP contribution in [0.3, 0.4) is 0 Å². The largest absolute Gasteiger partial charge is 0.294 e. The minimum Gasteiger partial charge on any atom is -0.294 e. The van der Waals surface area contributed by atoms with Gasteiger partial charge < -0.3 is 0 Å². The van der Waals surface area contributed by atoms with Gasteiger partial charge in [0, 0.05) is 12.6 Å². The summed E-state index contributed by atoms with van der Waals surface area (Å²) in [7, 11) is 0. The molecule has 0 saturated heterocycles. The van der Waals surface area contributed by atoms with Crippen molar-refractivity contribution in [1.82, 2.24) is 9.55 Å². The Morgan fingerprint density at radius 2 is 1.86 bits per heavy atom. The summed E-state index contributed by atoms with van der Waals surface area (Å²) in [6.07, 6.45) is 3.18. The Balaban J connectivity index is 2.28. The molecule has 0 atom stereocenters. The van der Waals surface area contributed by atoms with E-state index in [4.69, 9.17) is 0 Å². The molecule has 0 amide bonds. The number of benzene rings is 1. The van der Waals surface area contributed by atoms with Crippen molar-refractivity contribution in [2.24, 2.45) is 5.41 Å². The van der Waals surface area contributed by atoms with Gasteiger partial charge in [-0.3, -0.25) is 14.2 Å². The fourth-order valence-electron chi connectivity index (χ4n) is 2.11. The maximum atomic E-state index is 12.4. The predicted octanol–water partition coefficient (Wildman–Crippen LogP) is 2.91. The van der Waals surface area contributed by atoms with Crippen LogP contribution in [0.2, 0.25) is 0 Å². The molecule has 1 aromatic heterocycles. The van der Waals surface area contributed by atoms with Gasteiger partial charge >= 0.3 is 0 Å². The SMILES string of the molecule is CC(C)(C)CC(=O)c1cncn(Cc2ccccc2)c1=O. The van der Waals surface area contributed by atoms with E-state index in [0.29, 0.717) is 13.0 Å². The van der Waals surface area contributed by atoms with Crippen molar-refractivity contribution in [3.8, 4) is 0 Å². The van der Waals surface area contributed by atoms with Crippen LogP contribution >= 0.6 is 0 Å². The molecule has 0 fully saturated rings. The second kappa shape index (κ2) is 6.04. The summed E-state index contributed by atoms with van der Waals surface area (Å²) >= 11 is 0. The highest BCUT2D eigenvalue weighted by Crippen LogP contribution is 2.20. The van der Waals surface area contributed by atoms with Crippen molar-refractivity contribution in [2.45, 2.75) is 33.7 Å². The van der Waals surface area contributed by atoms with Crippen molar-refractivity contribution in [3.05, 3.63) is 64.3 Å². The van der Waals surface area contributed by atoms with Gasteiger partial charge in [0.1, 0.15) is 5.56 Å². The average Bonchev–Trinajstić information content (AvgIpc) is 2.40. The monoisotopic (exact) mass is 284 g/mol. The molecule has 2 aromatic rings. The first-order chi connectivity index (χ1) is 9.87. The number of nitrogens with zero attached hydrogens (tertiary/aromatic N) is 2. The van der Waals surface area contributed by atoms with E-state index in [-0.39, 0.29) is 22.3 Å². The van der Waals surface area contributed by atoms with Crippen LogP contribution in [0.4, 0.5) is 0 Å². The number of aromatic nitrogens is 2. The van der Waals surface area contributed by atoms with Crippen LogP contribution in [0.1, 0.15) is 43.1 Å². The summed E-state index contributed by atoms with van der Waals surface area (Å²) in [5.41, 5.74) is 0.747. The summed E-state index contributed by atoms with van der Waals surface area (Å²) in [6.45, 7) is 6.35. The standard InChI is InChI=1S/C17H20N2O2/c1-17(2,3)9-15(20)14-10-18-12-19(16(14)21)11-13-7-5-4-6-8-13/h4-8,10,12H,9,11H2,1-3H3. The molecule has 1 aromatic carbocycles. The first kappa shape index (κ1) is 15.2. The van der Waals surface area contributed by atoms with Crippen molar-refractivity contribution in [2.75, 3.05) is 0 Å². The molecule has 0 saturated carbocycles. The molecule has 1 heterocycles. The predicted molar refractivity (Wildman–Crippen MR) is 82.4 cm³/mol. The zero-order chi connectivity index (χ0) is 15.5. The molecular formula is C17H20N2O2. The van der Waals surface area contributed by atoms with E-state index in [1.165, 1.54) is 17.1 Å². The van der Waals surface area contributed by atoms with Crippen LogP contribution in [0.5, 0.6) is 0 Å². The molecule has 21 heavy (non-hydrogen) atoms. The summed E-state index contributed by atoms with van der Waals surface area (Å²) in [4.78, 5) is 28.7. The van der Waals surface area contributed by atoms with Crippen LogP contribution < -0.4 is 5.56 Å². The highest BCUT2D eigenvalue weighted by molar-refractivity contribution is 5.95. The van der Waals surface area contributed by atoms with Crippen molar-refractivity contribution >= 4 is 5.78 Å². The number of hydrogen-bond donors (Lipinski definition) is 0. The fourth-order valence-corrected chi connectivity index (χ4v) is 2.11. The normalized spacial score (nSPS) is 11.4. The Morgan fingerprint density at radius 3 is 2.48 bits per heavy atom. The lowest BCUT2D eigenvalue weighted by Gasteiger charge is -2.16. The molecule has 0 spiro atoms. The zero-order valence-electron chi connectivity index (χ0n) is 12.7. The lowest BCUT2D eigenvalue weighted by molar-refractivity contribution is 0.0937. The third kappa shape index (κ3) is 4.12. The van der Waals surface area contributed by atoms with E-state index in [1.807, 2.05) is 51.1 Å². The second-order valence-corrected chi connectivity index (χ2v) is 6.39. The van der Waals surface area contributed by atoms with Gasteiger partial charge in [-0.25, -0.2) is 4.98 Å². The van der Waals surface area contributed by atoms with Gasteiger partial charge in [-0.05, 0) is 11.0 Å². The molecule has 0 N–H and O–H groups in total. The van der Waals surface area contributed by atoms with Crippen molar-refractivity contribution < 1.29 is 4.79 Å². The van der Waals surface area contributed by atoms with Crippen molar-refractivity contribution in [1.29, 1.82) is 0 Å². The van der Waals surface area contributed by atoms with E-state index in [2.05, 4.69) is 4.98 Å². The van der Waals surface area contributed by atoms with E-state index < -0.39 is 0 Å². The lowest BCUT2D eigenvalue weighted by Crippen LogP contribution is -2.28. The lowest BCUT2D eigenvalue weighted by atomic mass is 9.88. The van der Waals surface area contributed by atoms with E-state index in [0.717, 1.165) is 5.56 Å². The van der Waals surface area contributed by atoms with Gasteiger partial charge in [0.05, 0.1) is 12.9 Å². The van der Waals surface area contributed by atoms with Crippen molar-refractivity contribution in [3.63, 3.8) is 0 Å². The number of carbonyl (C=O) groups excluding carboxylic acids is 1. The van der Waals surface area contributed by atoms with Gasteiger partial charge in [-0.15, -0.1) is 0 Å². The van der Waals surface area contributed by atoms with Gasteiger partial charge in [-0.1, -0.05) is 51.1 Å². The molecule has 0 bridgehead atoms. The number of Topliss-reactive ketones (excluding diaryl/α,β-unsaturated/α-hetero) is 1. The molecule has 0 radical (unpaired) electrons. The van der Waals surface area contributed by atoms with Crippen LogP contribution in [0, 0.1) is 5.41 Å². The van der Waals surface area contributed by atoms with E-state index in [1.54, 1.807) is 0 Å². The topological polar surface area (TPSA) is 52.0 Å². The van der Waals surface area contributed by atoms with E-state index >= 15 is 0 Å². The van der Waals surface area contributed by atoms with Gasteiger partial charge in [0.2, 0.25) is 0 Å². The van der Waals surface area contributed by atoms with Gasteiger partial charge in [-0.2, -0.15) is 0 Å². The summed E-state index contributed by atoms with van der Waals surface area (Å²) < 4.78 is 1.48. The second-order valence-electron chi connectivity index (χ2n) is 6.39. The zero-order valence-corrected chi connectivity index (χ0v) is 12.7. The minimum atomic E-state index is -0.275. The van der Waals surface area contributed by atoms with Crippen LogP contribution in [0.15, 0.2) is 47.7 Å². The van der Waals surface area contributed by atoms with Crippen LogP contribution in [0.25, 0.3) is 0 Å². The van der Waals surface area contributed by atoms with Gasteiger partial charge in [0.15, 0.2) is 5.78 Å². The molecule has 110 valence electrons. The maximum Gasteiger partial charge on any atom is 0.264 e. The molecule has 0 aliphatic heterocycles. The highest BCUT2D eigenvalue weighted by Gasteiger charge is 2.20. The number of ketones is 1. The molecule has 0 unspecified atom stereocenters. The van der Waals surface area contributed by atoms with E-state index in [9.17, 15) is 9.59 Å². The smallest absolute Gasteiger partial charge is 0.264 e. The summed E-state index contributed by atoms with van der Waals surface area (Å²) in [6, 6.07) is 9.64. The van der Waals surface area contributed by atoms with Crippen LogP contribution in [-0.4, -0.2) is 15.3 Å². The number of carbonyl (C=O) groups is 1. The number of hydrogen-bond acceptors (Lipinski definition) is 3. The average molecular weight is 284 g/mol. The minimum absolute atomic E-state index is 0.149. The first-order valence-corrected chi connectivity index (χ1v) is 6.98. The molecule has 0 aliphatic carbocycles. The first-order valence-electron chi connectivity index (χ1n) is 6.98. The summed E-state index contributed by atoms with van der Waals surface area (Å²) in [5.74, 6) is -0.151.